The maximum Gasteiger partial charge on any atom is -0.0187 e. The van der Waals surface area contributed by atoms with Gasteiger partial charge in [0.1, 0.15) is 0 Å². The summed E-state index contributed by atoms with van der Waals surface area (Å²) in [6.07, 6.45) is 5.54. The second kappa shape index (κ2) is 8.72. The van der Waals surface area contributed by atoms with Gasteiger partial charge in [-0.3, -0.25) is 0 Å². The Hall–Kier alpha value is -1.56. The molecule has 0 atom stereocenters. The number of allylic oxidation sites excluding steroid dienone is 4. The van der Waals surface area contributed by atoms with Gasteiger partial charge in [-0.25, -0.2) is 0 Å². The Morgan fingerprint density at radius 1 is 1.19 bits per heavy atom. The summed E-state index contributed by atoms with van der Waals surface area (Å²) >= 11 is 0. The lowest BCUT2D eigenvalue weighted by molar-refractivity contribution is 1.10. The van der Waals surface area contributed by atoms with E-state index >= 15 is 0 Å². The fraction of sp³-hybridized carbons (Fsp3) is 0.250. The average Bonchev–Trinajstić information content (AvgIpc) is 2.39. The molecule has 86 valence electrons. The molecule has 0 unspecified atom stereocenters. The summed E-state index contributed by atoms with van der Waals surface area (Å²) in [4.78, 5) is 0. The predicted molar refractivity (Wildman–Crippen MR) is 75.4 cm³/mol. The number of rotatable bonds is 3. The lowest BCUT2D eigenvalue weighted by atomic mass is 10.0. The molecule has 0 nitrogen and oxygen atoms in total. The van der Waals surface area contributed by atoms with E-state index in [2.05, 4.69) is 70.3 Å². The third kappa shape index (κ3) is 4.79. The minimum Gasteiger partial charge on any atom is -0.106 e. The molecule has 0 aromatic heterocycles. The maximum atomic E-state index is 3.00. The molecular formula is C16H22. The zero-order valence-electron chi connectivity index (χ0n) is 10.7. The van der Waals surface area contributed by atoms with Gasteiger partial charge in [0, 0.05) is 0 Å². The van der Waals surface area contributed by atoms with Crippen molar-refractivity contribution in [2.24, 2.45) is 0 Å². The molecular weight excluding hydrogens is 192 g/mol. The number of hydrogen-bond acceptors (Lipinski definition) is 0. The van der Waals surface area contributed by atoms with Crippen LogP contribution in [-0.2, 0) is 0 Å². The molecule has 0 saturated heterocycles. The molecule has 0 saturated carbocycles. The van der Waals surface area contributed by atoms with E-state index in [0.717, 1.165) is 6.42 Å². The number of benzene rings is 1. The van der Waals surface area contributed by atoms with Crippen molar-refractivity contribution in [2.45, 2.75) is 27.2 Å². The van der Waals surface area contributed by atoms with E-state index in [0.29, 0.717) is 0 Å². The minimum atomic E-state index is 1.12. The van der Waals surface area contributed by atoms with Crippen LogP contribution in [0.1, 0.15) is 32.8 Å². The molecule has 0 heterocycles. The van der Waals surface area contributed by atoms with E-state index in [9.17, 15) is 0 Å². The van der Waals surface area contributed by atoms with E-state index in [4.69, 9.17) is 0 Å². The molecule has 1 aromatic rings. The SMILES string of the molecule is C/C=C(\C=C(\C)CC)c1ccccc1.C=C. The Labute approximate surface area is 100 Å². The molecule has 0 radical (unpaired) electrons. The molecule has 1 aromatic carbocycles. The van der Waals surface area contributed by atoms with E-state index in [-0.39, 0.29) is 0 Å². The van der Waals surface area contributed by atoms with Crippen LogP contribution in [0, 0.1) is 0 Å². The molecule has 0 N–H and O–H groups in total. The Morgan fingerprint density at radius 3 is 2.19 bits per heavy atom. The van der Waals surface area contributed by atoms with E-state index < -0.39 is 0 Å². The van der Waals surface area contributed by atoms with Gasteiger partial charge in [0.2, 0.25) is 0 Å². The second-order valence-corrected chi connectivity index (χ2v) is 3.45. The molecule has 0 aliphatic carbocycles. The summed E-state index contributed by atoms with van der Waals surface area (Å²) in [6, 6.07) is 10.5. The third-order valence-electron chi connectivity index (χ3n) is 2.38. The monoisotopic (exact) mass is 214 g/mol. The van der Waals surface area contributed by atoms with Gasteiger partial charge in [0.15, 0.2) is 0 Å². The highest BCUT2D eigenvalue weighted by molar-refractivity contribution is 5.74. The minimum absolute atomic E-state index is 1.12. The molecule has 0 aliphatic heterocycles. The second-order valence-electron chi connectivity index (χ2n) is 3.45. The van der Waals surface area contributed by atoms with Gasteiger partial charge < -0.3 is 0 Å². The Bertz CT molecular complexity index is 342. The highest BCUT2D eigenvalue weighted by atomic mass is 14.0. The van der Waals surface area contributed by atoms with E-state index in [1.165, 1.54) is 16.7 Å². The van der Waals surface area contributed by atoms with Gasteiger partial charge in [-0.1, -0.05) is 55.0 Å². The van der Waals surface area contributed by atoms with E-state index in [1.54, 1.807) is 0 Å². The summed E-state index contributed by atoms with van der Waals surface area (Å²) in [5, 5.41) is 0. The van der Waals surface area contributed by atoms with Gasteiger partial charge in [0.25, 0.3) is 0 Å². The lowest BCUT2D eigenvalue weighted by Gasteiger charge is -2.03. The zero-order chi connectivity index (χ0) is 12.4. The maximum absolute atomic E-state index is 3.00. The first kappa shape index (κ1) is 14.4. The fourth-order valence-electron chi connectivity index (χ4n) is 1.33. The van der Waals surface area contributed by atoms with Crippen molar-refractivity contribution in [2.75, 3.05) is 0 Å². The van der Waals surface area contributed by atoms with Crippen molar-refractivity contribution in [3.05, 3.63) is 66.8 Å². The lowest BCUT2D eigenvalue weighted by Crippen LogP contribution is -1.81. The highest BCUT2D eigenvalue weighted by Crippen LogP contribution is 2.17. The first-order valence-corrected chi connectivity index (χ1v) is 5.66. The molecule has 0 heteroatoms. The highest BCUT2D eigenvalue weighted by Gasteiger charge is 1.95. The average molecular weight is 214 g/mol. The topological polar surface area (TPSA) is 0 Å². The van der Waals surface area contributed by atoms with Crippen LogP contribution < -0.4 is 0 Å². The van der Waals surface area contributed by atoms with Gasteiger partial charge in [-0.2, -0.15) is 0 Å². The van der Waals surface area contributed by atoms with Crippen molar-refractivity contribution >= 4 is 5.57 Å². The van der Waals surface area contributed by atoms with Crippen LogP contribution in [0.15, 0.2) is 61.2 Å². The summed E-state index contributed by atoms with van der Waals surface area (Å²) in [6.45, 7) is 12.4. The molecule has 0 amide bonds. The molecule has 16 heavy (non-hydrogen) atoms. The van der Waals surface area contributed by atoms with Crippen molar-refractivity contribution in [3.8, 4) is 0 Å². The van der Waals surface area contributed by atoms with Gasteiger partial charge in [-0.15, -0.1) is 13.2 Å². The number of hydrogen-bond donors (Lipinski definition) is 0. The predicted octanol–water partition coefficient (Wildman–Crippen LogP) is 5.25. The van der Waals surface area contributed by atoms with Crippen molar-refractivity contribution in [3.63, 3.8) is 0 Å². The quantitative estimate of drug-likeness (QED) is 0.476. The standard InChI is InChI=1S/C14H18.C2H4/c1-4-12(3)11-13(5-2)14-9-7-6-8-10-14;1-2/h5-11H,4H2,1-3H3;1-2H2/b12-11-,13-5+;. The van der Waals surface area contributed by atoms with Crippen LogP contribution in [0.2, 0.25) is 0 Å². The molecule has 0 fully saturated rings. The van der Waals surface area contributed by atoms with Crippen LogP contribution >= 0.6 is 0 Å². The summed E-state index contributed by atoms with van der Waals surface area (Å²) in [5.74, 6) is 0. The molecule has 0 bridgehead atoms. The summed E-state index contributed by atoms with van der Waals surface area (Å²) in [5.41, 5.74) is 4.02. The Kier molecular flexibility index (Phi) is 7.87. The fourth-order valence-corrected chi connectivity index (χ4v) is 1.33. The smallest absolute Gasteiger partial charge is 0.0187 e. The van der Waals surface area contributed by atoms with E-state index in [1.807, 2.05) is 6.07 Å². The largest absolute Gasteiger partial charge is 0.106 e. The van der Waals surface area contributed by atoms with Crippen LogP contribution in [-0.4, -0.2) is 0 Å². The summed E-state index contributed by atoms with van der Waals surface area (Å²) < 4.78 is 0. The summed E-state index contributed by atoms with van der Waals surface area (Å²) in [7, 11) is 0. The van der Waals surface area contributed by atoms with Crippen LogP contribution in [0.5, 0.6) is 0 Å². The Morgan fingerprint density at radius 2 is 1.75 bits per heavy atom. The van der Waals surface area contributed by atoms with Crippen molar-refractivity contribution in [1.82, 2.24) is 0 Å². The Balaban J connectivity index is 0.00000106. The normalized spacial score (nSPS) is 11.7. The molecule has 0 aliphatic rings. The molecule has 0 spiro atoms. The first-order chi connectivity index (χ1) is 7.77. The van der Waals surface area contributed by atoms with Crippen LogP contribution in [0.3, 0.4) is 0 Å². The van der Waals surface area contributed by atoms with Crippen LogP contribution in [0.25, 0.3) is 5.57 Å². The third-order valence-corrected chi connectivity index (χ3v) is 2.38. The van der Waals surface area contributed by atoms with Crippen molar-refractivity contribution in [1.29, 1.82) is 0 Å². The van der Waals surface area contributed by atoms with Gasteiger partial charge in [-0.05, 0) is 31.4 Å². The zero-order valence-corrected chi connectivity index (χ0v) is 10.7. The molecule has 1 rings (SSSR count). The van der Waals surface area contributed by atoms with Crippen LogP contribution in [0.4, 0.5) is 0 Å². The first-order valence-electron chi connectivity index (χ1n) is 5.66. The van der Waals surface area contributed by atoms with Crippen molar-refractivity contribution < 1.29 is 0 Å². The van der Waals surface area contributed by atoms with Gasteiger partial charge >= 0.3 is 0 Å². The van der Waals surface area contributed by atoms with Gasteiger partial charge in [0.05, 0.1) is 0 Å².